The number of nitrogen functional groups attached to an aromatic ring is 1. The second kappa shape index (κ2) is 3.91. The lowest BCUT2D eigenvalue weighted by Crippen LogP contribution is -2.31. The Morgan fingerprint density at radius 2 is 2.00 bits per heavy atom. The number of hydrogen-bond donors (Lipinski definition) is 4. The molecule has 4 atom stereocenters. The number of anilines is 1. The molecule has 2 aromatic heterocycles. The normalized spacial score (nSPS) is 32.2. The second-order valence-electron chi connectivity index (χ2n) is 4.57. The van der Waals surface area contributed by atoms with Crippen molar-refractivity contribution in [2.24, 2.45) is 0 Å². The first kappa shape index (κ1) is 11.4. The SMILES string of the molecule is Nc1nccc2c1ncn2[C@@H]1C[C@H](O)[C@@H](O)[C@H]1O. The fourth-order valence-corrected chi connectivity index (χ4v) is 2.51. The van der Waals surface area contributed by atoms with Crippen LogP contribution in [0, 0.1) is 0 Å². The fourth-order valence-electron chi connectivity index (χ4n) is 2.51. The van der Waals surface area contributed by atoms with Gasteiger partial charge in [-0.25, -0.2) is 9.97 Å². The molecule has 0 bridgehead atoms. The summed E-state index contributed by atoms with van der Waals surface area (Å²) in [4.78, 5) is 8.09. The molecule has 2 aromatic rings. The van der Waals surface area contributed by atoms with Crippen molar-refractivity contribution in [2.45, 2.75) is 30.8 Å². The third-order valence-corrected chi connectivity index (χ3v) is 3.50. The van der Waals surface area contributed by atoms with Crippen molar-refractivity contribution in [3.8, 4) is 0 Å². The molecule has 18 heavy (non-hydrogen) atoms. The predicted molar refractivity (Wildman–Crippen MR) is 63.6 cm³/mol. The molecule has 1 aliphatic rings. The van der Waals surface area contributed by atoms with Crippen molar-refractivity contribution in [3.63, 3.8) is 0 Å². The van der Waals surface area contributed by atoms with Gasteiger partial charge < -0.3 is 25.6 Å². The molecule has 0 aromatic carbocycles. The van der Waals surface area contributed by atoms with Crippen molar-refractivity contribution in [2.75, 3.05) is 5.73 Å². The van der Waals surface area contributed by atoms with Gasteiger partial charge >= 0.3 is 0 Å². The topological polar surface area (TPSA) is 117 Å². The molecule has 7 heteroatoms. The van der Waals surface area contributed by atoms with Crippen LogP contribution in [0.4, 0.5) is 5.82 Å². The third kappa shape index (κ3) is 1.48. The quantitative estimate of drug-likeness (QED) is 0.518. The Hall–Kier alpha value is -1.70. The van der Waals surface area contributed by atoms with E-state index in [1.54, 1.807) is 23.2 Å². The average molecular weight is 250 g/mol. The minimum Gasteiger partial charge on any atom is -0.390 e. The van der Waals surface area contributed by atoms with E-state index < -0.39 is 24.4 Å². The van der Waals surface area contributed by atoms with Crippen molar-refractivity contribution in [1.29, 1.82) is 0 Å². The number of aromatic nitrogens is 3. The maximum atomic E-state index is 9.92. The highest BCUT2D eigenvalue weighted by Crippen LogP contribution is 2.33. The summed E-state index contributed by atoms with van der Waals surface area (Å²) in [5.41, 5.74) is 6.99. The monoisotopic (exact) mass is 250 g/mol. The first-order chi connectivity index (χ1) is 8.59. The zero-order valence-corrected chi connectivity index (χ0v) is 9.51. The molecule has 1 fully saturated rings. The lowest BCUT2D eigenvalue weighted by atomic mass is 10.2. The van der Waals surface area contributed by atoms with Crippen LogP contribution in [0.25, 0.3) is 11.0 Å². The Morgan fingerprint density at radius 1 is 1.22 bits per heavy atom. The maximum absolute atomic E-state index is 9.92. The molecular weight excluding hydrogens is 236 g/mol. The van der Waals surface area contributed by atoms with Crippen LogP contribution in [0.5, 0.6) is 0 Å². The molecule has 5 N–H and O–H groups in total. The summed E-state index contributed by atoms with van der Waals surface area (Å²) in [7, 11) is 0. The van der Waals surface area contributed by atoms with E-state index in [0.29, 0.717) is 11.3 Å². The molecule has 0 aliphatic heterocycles. The molecular formula is C11H14N4O3. The molecule has 1 aliphatic carbocycles. The van der Waals surface area contributed by atoms with Crippen molar-refractivity contribution < 1.29 is 15.3 Å². The van der Waals surface area contributed by atoms with Gasteiger partial charge in [0.1, 0.15) is 17.7 Å². The Morgan fingerprint density at radius 3 is 2.67 bits per heavy atom. The number of aliphatic hydroxyl groups excluding tert-OH is 3. The summed E-state index contributed by atoms with van der Waals surface area (Å²) in [6.07, 6.45) is 0.293. The Balaban J connectivity index is 2.08. The van der Waals surface area contributed by atoms with E-state index in [9.17, 15) is 15.3 Å². The van der Waals surface area contributed by atoms with Crippen molar-refractivity contribution in [1.82, 2.24) is 14.5 Å². The van der Waals surface area contributed by atoms with E-state index in [2.05, 4.69) is 9.97 Å². The molecule has 0 spiro atoms. The van der Waals surface area contributed by atoms with Gasteiger partial charge in [0.05, 0.1) is 24.0 Å². The van der Waals surface area contributed by atoms with E-state index in [1.165, 1.54) is 0 Å². The zero-order chi connectivity index (χ0) is 12.9. The number of aliphatic hydroxyl groups is 3. The van der Waals surface area contributed by atoms with Crippen LogP contribution in [0.15, 0.2) is 18.6 Å². The van der Waals surface area contributed by atoms with Crippen LogP contribution < -0.4 is 5.73 Å². The summed E-state index contributed by atoms with van der Waals surface area (Å²) in [6.45, 7) is 0. The van der Waals surface area contributed by atoms with Gasteiger partial charge in [0.2, 0.25) is 0 Å². The van der Waals surface area contributed by atoms with Crippen LogP contribution in [-0.4, -0.2) is 48.2 Å². The number of nitrogens with two attached hydrogens (primary N) is 1. The highest BCUT2D eigenvalue weighted by molar-refractivity contribution is 5.84. The minimum atomic E-state index is -1.13. The minimum absolute atomic E-state index is 0.274. The van der Waals surface area contributed by atoms with E-state index in [1.807, 2.05) is 0 Å². The van der Waals surface area contributed by atoms with Gasteiger partial charge in [-0.2, -0.15) is 0 Å². The lowest BCUT2D eigenvalue weighted by Gasteiger charge is -2.18. The molecule has 7 nitrogen and oxygen atoms in total. The number of fused-ring (bicyclic) bond motifs is 1. The standard InChI is InChI=1S/C11H14N4O3/c12-11-8-5(1-2-13-11)15(4-14-8)6-3-7(16)10(18)9(6)17/h1-2,4,6-7,9-10,16-18H,3H2,(H2,12,13)/t6-,7+,9+,10-/m1/s1. The Kier molecular flexibility index (Phi) is 2.47. The van der Waals surface area contributed by atoms with Crippen LogP contribution in [0.3, 0.4) is 0 Å². The molecule has 3 rings (SSSR count). The molecule has 2 heterocycles. The average Bonchev–Trinajstić information content (AvgIpc) is 2.88. The molecule has 96 valence electrons. The largest absolute Gasteiger partial charge is 0.390 e. The summed E-state index contributed by atoms with van der Waals surface area (Å²) in [5.74, 6) is 0.319. The first-order valence-corrected chi connectivity index (χ1v) is 5.71. The van der Waals surface area contributed by atoms with Crippen molar-refractivity contribution in [3.05, 3.63) is 18.6 Å². The van der Waals surface area contributed by atoms with Gasteiger partial charge in [-0.3, -0.25) is 0 Å². The summed E-state index contributed by atoms with van der Waals surface area (Å²) >= 11 is 0. The van der Waals surface area contributed by atoms with Crippen LogP contribution in [0.1, 0.15) is 12.5 Å². The van der Waals surface area contributed by atoms with E-state index in [4.69, 9.17) is 5.73 Å². The Labute approximate surface area is 103 Å². The smallest absolute Gasteiger partial charge is 0.151 e. The van der Waals surface area contributed by atoms with Gasteiger partial charge in [0.25, 0.3) is 0 Å². The van der Waals surface area contributed by atoms with Crippen LogP contribution >= 0.6 is 0 Å². The third-order valence-electron chi connectivity index (χ3n) is 3.50. The Bertz CT molecular complexity index is 585. The second-order valence-corrected chi connectivity index (χ2v) is 4.57. The molecule has 0 radical (unpaired) electrons. The number of hydrogen-bond acceptors (Lipinski definition) is 6. The summed E-state index contributed by atoms with van der Waals surface area (Å²) in [5, 5.41) is 29.1. The number of rotatable bonds is 1. The van der Waals surface area contributed by atoms with E-state index in [-0.39, 0.29) is 6.42 Å². The van der Waals surface area contributed by atoms with Gasteiger partial charge in [0.15, 0.2) is 5.82 Å². The van der Waals surface area contributed by atoms with Gasteiger partial charge in [-0.15, -0.1) is 0 Å². The molecule has 0 amide bonds. The molecule has 1 saturated carbocycles. The summed E-state index contributed by atoms with van der Waals surface area (Å²) in [6, 6.07) is 1.32. The van der Waals surface area contributed by atoms with Crippen molar-refractivity contribution >= 4 is 16.9 Å². The highest BCUT2D eigenvalue weighted by Gasteiger charge is 2.41. The molecule has 0 unspecified atom stereocenters. The highest BCUT2D eigenvalue weighted by atomic mass is 16.4. The lowest BCUT2D eigenvalue weighted by molar-refractivity contribution is -0.0244. The van der Waals surface area contributed by atoms with E-state index >= 15 is 0 Å². The number of imidazole rings is 1. The maximum Gasteiger partial charge on any atom is 0.151 e. The number of nitrogens with zero attached hydrogens (tertiary/aromatic N) is 3. The molecule has 0 saturated heterocycles. The van der Waals surface area contributed by atoms with Gasteiger partial charge in [-0.05, 0) is 12.5 Å². The van der Waals surface area contributed by atoms with E-state index in [0.717, 1.165) is 5.52 Å². The number of pyridine rings is 1. The van der Waals surface area contributed by atoms with Crippen LogP contribution in [0.2, 0.25) is 0 Å². The van der Waals surface area contributed by atoms with Gasteiger partial charge in [0, 0.05) is 6.20 Å². The van der Waals surface area contributed by atoms with Gasteiger partial charge in [-0.1, -0.05) is 0 Å². The predicted octanol–water partition coefficient (Wildman–Crippen LogP) is -0.959. The first-order valence-electron chi connectivity index (χ1n) is 5.71. The zero-order valence-electron chi connectivity index (χ0n) is 9.51. The van der Waals surface area contributed by atoms with Crippen LogP contribution in [-0.2, 0) is 0 Å². The summed E-state index contributed by atoms with van der Waals surface area (Å²) < 4.78 is 1.72. The fraction of sp³-hybridized carbons (Fsp3) is 0.455.